The summed E-state index contributed by atoms with van der Waals surface area (Å²) in [5.74, 6) is -0.597. The molecule has 0 heterocycles. The van der Waals surface area contributed by atoms with Crippen molar-refractivity contribution >= 4 is 50.0 Å². The molecule has 0 radical (unpaired) electrons. The van der Waals surface area contributed by atoms with Crippen LogP contribution in [0.2, 0.25) is 0 Å². The molecule has 0 saturated heterocycles. The molecule has 1 N–H and O–H groups in total. The van der Waals surface area contributed by atoms with Gasteiger partial charge in [0.2, 0.25) is 5.91 Å². The Kier molecular flexibility index (Phi) is 7.35. The topological polar surface area (TPSA) is 67.8 Å². The van der Waals surface area contributed by atoms with Crippen molar-refractivity contribution < 1.29 is 14.3 Å². The van der Waals surface area contributed by atoms with Gasteiger partial charge >= 0.3 is 5.97 Å². The van der Waals surface area contributed by atoms with E-state index in [1.54, 1.807) is 36.4 Å². The number of hydrogen-bond acceptors (Lipinski definition) is 4. The summed E-state index contributed by atoms with van der Waals surface area (Å²) in [6.45, 7) is 0. The van der Waals surface area contributed by atoms with E-state index in [9.17, 15) is 9.59 Å². The van der Waals surface area contributed by atoms with Gasteiger partial charge in [-0.1, -0.05) is 94.8 Å². The fraction of sp³-hybridized carbons (Fsp3) is 0.100. The van der Waals surface area contributed by atoms with Gasteiger partial charge in [0.1, 0.15) is 0 Å². The van der Waals surface area contributed by atoms with Crippen LogP contribution in [0.25, 0.3) is 0 Å². The highest BCUT2D eigenvalue weighted by atomic mass is 79.9. The Labute approximate surface area is 231 Å². The van der Waals surface area contributed by atoms with Crippen molar-refractivity contribution in [2.45, 2.75) is 11.8 Å². The van der Waals surface area contributed by atoms with E-state index < -0.39 is 5.97 Å². The third kappa shape index (κ3) is 5.29. The number of carbonyl (C=O) groups excluding carboxylic acids is 2. The van der Waals surface area contributed by atoms with Gasteiger partial charge in [0.15, 0.2) is 5.75 Å². The van der Waals surface area contributed by atoms with Gasteiger partial charge in [-0.25, -0.2) is 10.2 Å². The Morgan fingerprint density at radius 2 is 1.43 bits per heavy atom. The van der Waals surface area contributed by atoms with E-state index in [4.69, 9.17) is 4.74 Å². The predicted octanol–water partition coefficient (Wildman–Crippen LogP) is 6.89. The van der Waals surface area contributed by atoms with Crippen molar-refractivity contribution in [2.75, 3.05) is 0 Å². The molecule has 1 aliphatic carbocycles. The van der Waals surface area contributed by atoms with Crippen LogP contribution < -0.4 is 10.2 Å². The van der Waals surface area contributed by atoms with E-state index in [2.05, 4.69) is 66.7 Å². The zero-order valence-corrected chi connectivity index (χ0v) is 22.8. The zero-order valence-electron chi connectivity index (χ0n) is 19.6. The van der Waals surface area contributed by atoms with Crippen LogP contribution in [0.1, 0.15) is 33.5 Å². The molecular weight excluding hydrogens is 596 g/mol. The number of hydrogen-bond donors (Lipinski definition) is 1. The van der Waals surface area contributed by atoms with E-state index in [-0.39, 0.29) is 17.2 Å². The number of ether oxygens (including phenoxy) is 1. The second-order valence-electron chi connectivity index (χ2n) is 8.76. The van der Waals surface area contributed by atoms with Gasteiger partial charge in [0.05, 0.1) is 22.2 Å². The van der Waals surface area contributed by atoms with E-state index >= 15 is 0 Å². The first-order valence-electron chi connectivity index (χ1n) is 11.7. The number of halogens is 2. The highest BCUT2D eigenvalue weighted by molar-refractivity contribution is 9.11. The maximum absolute atomic E-state index is 13.2. The molecule has 1 atom stereocenters. The average molecular weight is 618 g/mol. The summed E-state index contributed by atoms with van der Waals surface area (Å²) in [6, 6.07) is 32.5. The van der Waals surface area contributed by atoms with Crippen LogP contribution in [0.3, 0.4) is 0 Å². The van der Waals surface area contributed by atoms with Gasteiger partial charge in [-0.2, -0.15) is 5.10 Å². The number of esters is 1. The smallest absolute Gasteiger partial charge is 0.343 e. The van der Waals surface area contributed by atoms with Crippen molar-refractivity contribution in [1.82, 2.24) is 5.43 Å². The van der Waals surface area contributed by atoms with Crippen LogP contribution in [0.15, 0.2) is 117 Å². The molecule has 4 aromatic carbocycles. The molecular formula is C30H22Br2N2O3. The molecule has 0 aliphatic heterocycles. The maximum atomic E-state index is 13.2. The number of rotatable bonds is 7. The molecule has 4 aromatic rings. The highest BCUT2D eigenvalue weighted by Crippen LogP contribution is 2.58. The molecule has 0 bridgehead atoms. The minimum Gasteiger partial charge on any atom is -0.421 e. The number of benzene rings is 4. The fourth-order valence-electron chi connectivity index (χ4n) is 4.61. The summed E-state index contributed by atoms with van der Waals surface area (Å²) < 4.78 is 7.01. The average Bonchev–Trinajstić information content (AvgIpc) is 3.69. The van der Waals surface area contributed by atoms with Crippen molar-refractivity contribution in [1.29, 1.82) is 0 Å². The summed E-state index contributed by atoms with van der Waals surface area (Å²) in [5.41, 5.74) is 5.49. The fourth-order valence-corrected chi connectivity index (χ4v) is 5.95. The number of hydrazone groups is 1. The lowest BCUT2D eigenvalue weighted by molar-refractivity contribution is -0.122. The number of nitrogens with zero attached hydrogens (tertiary/aromatic N) is 1. The Morgan fingerprint density at radius 1 is 0.865 bits per heavy atom. The molecule has 0 aromatic heterocycles. The predicted molar refractivity (Wildman–Crippen MR) is 151 cm³/mol. The molecule has 1 amide bonds. The number of nitrogens with one attached hydrogen (secondary N) is 1. The first kappa shape index (κ1) is 25.1. The lowest BCUT2D eigenvalue weighted by Gasteiger charge is -2.18. The van der Waals surface area contributed by atoms with Crippen molar-refractivity contribution in [3.05, 3.63) is 134 Å². The number of carbonyl (C=O) groups is 2. The van der Waals surface area contributed by atoms with Gasteiger partial charge in [0, 0.05) is 15.5 Å². The Morgan fingerprint density at radius 3 is 2.03 bits per heavy atom. The van der Waals surface area contributed by atoms with E-state index in [1.165, 1.54) is 6.21 Å². The molecule has 7 heteroatoms. The van der Waals surface area contributed by atoms with Gasteiger partial charge < -0.3 is 4.74 Å². The monoisotopic (exact) mass is 616 g/mol. The molecule has 5 rings (SSSR count). The van der Waals surface area contributed by atoms with Crippen molar-refractivity contribution in [3.8, 4) is 5.75 Å². The van der Waals surface area contributed by atoms with Crippen molar-refractivity contribution in [2.24, 2.45) is 11.0 Å². The first-order valence-corrected chi connectivity index (χ1v) is 13.3. The molecule has 1 saturated carbocycles. The molecule has 1 unspecified atom stereocenters. The van der Waals surface area contributed by atoms with Crippen LogP contribution in [0.5, 0.6) is 5.75 Å². The molecule has 5 nitrogen and oxygen atoms in total. The highest BCUT2D eigenvalue weighted by Gasteiger charge is 2.60. The zero-order chi connectivity index (χ0) is 25.8. The maximum Gasteiger partial charge on any atom is 0.343 e. The molecule has 184 valence electrons. The minimum atomic E-state index is -0.490. The normalized spacial score (nSPS) is 15.8. The molecule has 1 aliphatic rings. The van der Waals surface area contributed by atoms with Crippen LogP contribution in [0.4, 0.5) is 0 Å². The van der Waals surface area contributed by atoms with E-state index in [0.29, 0.717) is 27.8 Å². The second kappa shape index (κ2) is 10.8. The van der Waals surface area contributed by atoms with Crippen molar-refractivity contribution in [3.63, 3.8) is 0 Å². The lowest BCUT2D eigenvalue weighted by atomic mass is 9.85. The largest absolute Gasteiger partial charge is 0.421 e. The lowest BCUT2D eigenvalue weighted by Crippen LogP contribution is -2.25. The van der Waals surface area contributed by atoms with Gasteiger partial charge in [-0.05, 0) is 57.7 Å². The van der Waals surface area contributed by atoms with Crippen LogP contribution in [0, 0.1) is 5.92 Å². The Hall–Kier alpha value is -3.55. The van der Waals surface area contributed by atoms with Gasteiger partial charge in [0.25, 0.3) is 0 Å². The van der Waals surface area contributed by atoms with Gasteiger partial charge in [-0.3, -0.25) is 4.79 Å². The van der Waals surface area contributed by atoms with E-state index in [1.807, 2.05) is 42.5 Å². The van der Waals surface area contributed by atoms with E-state index in [0.717, 1.165) is 15.6 Å². The number of amides is 1. The van der Waals surface area contributed by atoms with Crippen LogP contribution >= 0.6 is 31.9 Å². The Balaban J connectivity index is 1.35. The summed E-state index contributed by atoms with van der Waals surface area (Å²) in [7, 11) is 0. The van der Waals surface area contributed by atoms with Crippen LogP contribution in [-0.4, -0.2) is 18.1 Å². The molecule has 0 spiro atoms. The third-order valence-corrected chi connectivity index (χ3v) is 7.52. The summed E-state index contributed by atoms with van der Waals surface area (Å²) in [6.07, 6.45) is 2.18. The first-order chi connectivity index (χ1) is 18.0. The van der Waals surface area contributed by atoms with Crippen LogP contribution in [-0.2, 0) is 10.2 Å². The SMILES string of the molecule is O=C(Oc1c(Br)cc(Br)cc1/C=N/NC(=O)C1CC1(c1ccccc1)c1ccccc1)c1ccccc1. The summed E-state index contributed by atoms with van der Waals surface area (Å²) >= 11 is 6.92. The third-order valence-electron chi connectivity index (χ3n) is 6.47. The van der Waals surface area contributed by atoms with Gasteiger partial charge in [-0.15, -0.1) is 0 Å². The second-order valence-corrected chi connectivity index (χ2v) is 10.5. The molecule has 37 heavy (non-hydrogen) atoms. The standard InChI is InChI=1S/C30H22Br2N2O3/c31-24-16-21(27(26(32)17-24)37-29(36)20-10-4-1-5-11-20)19-33-34-28(35)25-18-30(25,22-12-6-2-7-13-22)23-14-8-3-9-15-23/h1-17,19,25H,18H2,(H,34,35)/b33-19+. The summed E-state index contributed by atoms with van der Waals surface area (Å²) in [4.78, 5) is 25.9. The Bertz CT molecular complexity index is 1420. The quantitative estimate of drug-likeness (QED) is 0.106. The minimum absolute atomic E-state index is 0.166. The summed E-state index contributed by atoms with van der Waals surface area (Å²) in [5, 5.41) is 4.22. The molecule has 1 fully saturated rings.